The first kappa shape index (κ1) is 12.3. The van der Waals surface area contributed by atoms with Crippen molar-refractivity contribution < 1.29 is 4.74 Å². The van der Waals surface area contributed by atoms with E-state index in [1.807, 2.05) is 6.92 Å². The van der Waals surface area contributed by atoms with Gasteiger partial charge in [0.15, 0.2) is 0 Å². The van der Waals surface area contributed by atoms with Gasteiger partial charge in [0.25, 0.3) is 6.02 Å². The lowest BCUT2D eigenvalue weighted by Gasteiger charge is -2.23. The maximum Gasteiger partial charge on any atom is 0.282 e. The Morgan fingerprint density at radius 1 is 1.29 bits per heavy atom. The zero-order valence-corrected chi connectivity index (χ0v) is 11.8. The van der Waals surface area contributed by atoms with Crippen molar-refractivity contribution >= 4 is 6.02 Å². The van der Waals surface area contributed by atoms with Crippen LogP contribution in [-0.2, 0) is 17.6 Å². The minimum Gasteiger partial charge on any atom is -0.460 e. The van der Waals surface area contributed by atoms with Gasteiger partial charge in [-0.05, 0) is 18.1 Å². The second-order valence-corrected chi connectivity index (χ2v) is 5.70. The Labute approximate surface area is 122 Å². The van der Waals surface area contributed by atoms with Gasteiger partial charge < -0.3 is 10.5 Å². The van der Waals surface area contributed by atoms with E-state index < -0.39 is 0 Å². The molecule has 0 bridgehead atoms. The molecule has 0 fully saturated rings. The first-order chi connectivity index (χ1) is 10.2. The highest BCUT2D eigenvalue weighted by Crippen LogP contribution is 2.42. The van der Waals surface area contributed by atoms with Crippen molar-refractivity contribution in [2.24, 2.45) is 10.7 Å². The highest BCUT2D eigenvalue weighted by Gasteiger charge is 2.48. The van der Waals surface area contributed by atoms with Crippen LogP contribution in [0.15, 0.2) is 41.8 Å². The van der Waals surface area contributed by atoms with Crippen LogP contribution in [0.1, 0.15) is 18.1 Å². The topological polar surface area (TPSA) is 73.4 Å². The lowest BCUT2D eigenvalue weighted by atomic mass is 9.91. The SMILES string of the molecule is CC1OC(N)=NC12Cc1cccc(-c3cnccn3)c1C2. The minimum absolute atomic E-state index is 0.000363. The third kappa shape index (κ3) is 1.81. The molecule has 0 saturated carbocycles. The Balaban J connectivity index is 1.81. The number of nitrogens with zero attached hydrogens (tertiary/aromatic N) is 3. The third-order valence-electron chi connectivity index (χ3n) is 4.48. The van der Waals surface area contributed by atoms with Crippen LogP contribution >= 0.6 is 0 Å². The Morgan fingerprint density at radius 2 is 2.19 bits per heavy atom. The van der Waals surface area contributed by atoms with E-state index in [-0.39, 0.29) is 11.6 Å². The average Bonchev–Trinajstić information content (AvgIpc) is 2.99. The molecule has 5 heteroatoms. The summed E-state index contributed by atoms with van der Waals surface area (Å²) >= 11 is 0. The fraction of sp³-hybridized carbons (Fsp3) is 0.312. The number of ether oxygens (including phenoxy) is 1. The Morgan fingerprint density at radius 3 is 2.90 bits per heavy atom. The fourth-order valence-corrected chi connectivity index (χ4v) is 3.38. The van der Waals surface area contributed by atoms with E-state index in [1.165, 1.54) is 11.1 Å². The summed E-state index contributed by atoms with van der Waals surface area (Å²) < 4.78 is 5.58. The number of aromatic nitrogens is 2. The van der Waals surface area contributed by atoms with Crippen LogP contribution < -0.4 is 5.73 Å². The van der Waals surface area contributed by atoms with Gasteiger partial charge in [-0.2, -0.15) is 0 Å². The van der Waals surface area contributed by atoms with Crippen molar-refractivity contribution in [1.82, 2.24) is 9.97 Å². The average molecular weight is 280 g/mol. The largest absolute Gasteiger partial charge is 0.460 e. The molecule has 106 valence electrons. The van der Waals surface area contributed by atoms with Crippen LogP contribution in [-0.4, -0.2) is 27.6 Å². The number of hydrogen-bond acceptors (Lipinski definition) is 5. The number of benzene rings is 1. The van der Waals surface area contributed by atoms with E-state index in [2.05, 4.69) is 33.2 Å². The molecule has 21 heavy (non-hydrogen) atoms. The molecule has 1 aromatic carbocycles. The van der Waals surface area contributed by atoms with E-state index in [0.29, 0.717) is 6.02 Å². The summed E-state index contributed by atoms with van der Waals surface area (Å²) in [6.45, 7) is 2.04. The third-order valence-corrected chi connectivity index (χ3v) is 4.48. The predicted molar refractivity (Wildman–Crippen MR) is 79.8 cm³/mol. The molecule has 1 spiro atoms. The summed E-state index contributed by atoms with van der Waals surface area (Å²) in [5.41, 5.74) is 10.1. The van der Waals surface area contributed by atoms with Crippen LogP contribution in [0.25, 0.3) is 11.3 Å². The Bertz CT molecular complexity index is 728. The van der Waals surface area contributed by atoms with E-state index >= 15 is 0 Å². The zero-order valence-electron chi connectivity index (χ0n) is 11.8. The van der Waals surface area contributed by atoms with E-state index in [4.69, 9.17) is 10.5 Å². The molecular weight excluding hydrogens is 264 g/mol. The van der Waals surface area contributed by atoms with Gasteiger partial charge in [0.1, 0.15) is 11.6 Å². The lowest BCUT2D eigenvalue weighted by Crippen LogP contribution is -2.36. The molecule has 2 heterocycles. The molecule has 0 radical (unpaired) electrons. The van der Waals surface area contributed by atoms with Gasteiger partial charge in [-0.3, -0.25) is 9.97 Å². The summed E-state index contributed by atoms with van der Waals surface area (Å²) in [5.74, 6) is 0. The number of nitrogens with two attached hydrogens (primary N) is 1. The lowest BCUT2D eigenvalue weighted by molar-refractivity contribution is 0.157. The van der Waals surface area contributed by atoms with Crippen molar-refractivity contribution in [2.75, 3.05) is 0 Å². The number of rotatable bonds is 1. The normalized spacial score (nSPS) is 26.5. The summed E-state index contributed by atoms with van der Waals surface area (Å²) in [7, 11) is 0. The van der Waals surface area contributed by atoms with Crippen molar-refractivity contribution in [3.63, 3.8) is 0 Å². The van der Waals surface area contributed by atoms with Crippen LogP contribution in [0.2, 0.25) is 0 Å². The maximum absolute atomic E-state index is 5.77. The quantitative estimate of drug-likeness (QED) is 0.863. The highest BCUT2D eigenvalue weighted by molar-refractivity contribution is 5.75. The molecule has 2 aromatic rings. The second-order valence-electron chi connectivity index (χ2n) is 5.70. The molecule has 1 aromatic heterocycles. The molecule has 2 atom stereocenters. The van der Waals surface area contributed by atoms with Gasteiger partial charge in [-0.1, -0.05) is 18.2 Å². The van der Waals surface area contributed by atoms with Crippen molar-refractivity contribution in [2.45, 2.75) is 31.4 Å². The number of hydrogen-bond donors (Lipinski definition) is 1. The molecule has 5 nitrogen and oxygen atoms in total. The van der Waals surface area contributed by atoms with E-state index in [0.717, 1.165) is 24.1 Å². The molecule has 2 aliphatic rings. The number of amidine groups is 1. The molecule has 1 aliphatic heterocycles. The first-order valence-electron chi connectivity index (χ1n) is 7.07. The molecular formula is C16H16N4O. The first-order valence-corrected chi connectivity index (χ1v) is 7.07. The van der Waals surface area contributed by atoms with Crippen molar-refractivity contribution in [3.05, 3.63) is 47.9 Å². The van der Waals surface area contributed by atoms with E-state index in [1.54, 1.807) is 18.6 Å². The van der Waals surface area contributed by atoms with Gasteiger partial charge in [0.05, 0.1) is 11.9 Å². The molecule has 2 unspecified atom stereocenters. The van der Waals surface area contributed by atoms with Crippen molar-refractivity contribution in [1.29, 1.82) is 0 Å². The summed E-state index contributed by atoms with van der Waals surface area (Å²) in [6, 6.07) is 6.61. The zero-order chi connectivity index (χ0) is 14.4. The van der Waals surface area contributed by atoms with E-state index in [9.17, 15) is 0 Å². The monoisotopic (exact) mass is 280 g/mol. The number of aliphatic imine (C=N–C) groups is 1. The molecule has 4 rings (SSSR count). The maximum atomic E-state index is 5.77. The number of fused-ring (bicyclic) bond motifs is 1. The molecule has 1 aliphatic carbocycles. The second kappa shape index (κ2) is 4.28. The minimum atomic E-state index is -0.259. The Kier molecular flexibility index (Phi) is 2.51. The summed E-state index contributed by atoms with van der Waals surface area (Å²) in [4.78, 5) is 13.2. The van der Waals surface area contributed by atoms with Crippen LogP contribution in [0.3, 0.4) is 0 Å². The molecule has 2 N–H and O–H groups in total. The van der Waals surface area contributed by atoms with Gasteiger partial charge in [0, 0.05) is 30.8 Å². The Hall–Kier alpha value is -2.43. The molecule has 0 saturated heterocycles. The summed E-state index contributed by atoms with van der Waals surface area (Å²) in [6.07, 6.45) is 6.89. The molecule has 0 amide bonds. The predicted octanol–water partition coefficient (Wildman–Crippen LogP) is 1.71. The van der Waals surface area contributed by atoms with Gasteiger partial charge in [-0.25, -0.2) is 4.99 Å². The standard InChI is InChI=1S/C16H16N4O/c1-10-16(20-15(17)21-10)7-11-3-2-4-12(13(11)8-16)14-9-18-5-6-19-14/h2-6,9-10H,7-8H2,1H3,(H2,17,20). The highest BCUT2D eigenvalue weighted by atomic mass is 16.5. The van der Waals surface area contributed by atoms with Gasteiger partial charge >= 0.3 is 0 Å². The van der Waals surface area contributed by atoms with Crippen molar-refractivity contribution in [3.8, 4) is 11.3 Å². The van der Waals surface area contributed by atoms with Crippen LogP contribution in [0, 0.1) is 0 Å². The smallest absolute Gasteiger partial charge is 0.282 e. The van der Waals surface area contributed by atoms with Crippen LogP contribution in [0.5, 0.6) is 0 Å². The fourth-order valence-electron chi connectivity index (χ4n) is 3.38. The summed E-state index contributed by atoms with van der Waals surface area (Å²) in [5, 5.41) is 0. The van der Waals surface area contributed by atoms with Crippen LogP contribution in [0.4, 0.5) is 0 Å². The van der Waals surface area contributed by atoms with Gasteiger partial charge in [0.2, 0.25) is 0 Å². The van der Waals surface area contributed by atoms with Gasteiger partial charge in [-0.15, -0.1) is 0 Å².